The smallest absolute Gasteiger partial charge is 0.306 e. The molecule has 0 rings (SSSR count). The maximum Gasteiger partial charge on any atom is 0.306 e. The lowest BCUT2D eigenvalue weighted by Crippen LogP contribution is -2.14. The SMILES string of the molecule is CCCCCCC(C/C=C\COC(=O)CCCCCCCP(CCCCCCCC(=O)OC/C=C\CC(CCCCCC)CCCCCC)C(=O)CCCN(C)C)CCCCCC. The molecule has 6 nitrogen and oxygen atoms in total. The van der Waals surface area contributed by atoms with Gasteiger partial charge in [-0.3, -0.25) is 14.4 Å². The van der Waals surface area contributed by atoms with Crippen molar-refractivity contribution in [2.45, 2.75) is 259 Å². The Morgan fingerprint density at radius 1 is 0.429 bits per heavy atom. The quantitative estimate of drug-likeness (QED) is 0.0262. The van der Waals surface area contributed by atoms with Crippen molar-refractivity contribution < 1.29 is 23.9 Å². The van der Waals surface area contributed by atoms with Crippen molar-refractivity contribution in [3.63, 3.8) is 0 Å². The number of carbonyl (C=O) groups excluding carboxylic acids is 3. The number of allylic oxidation sites excluding steroid dienone is 2. The molecule has 0 N–H and O–H groups in total. The zero-order chi connectivity index (χ0) is 46.3. The number of nitrogens with zero attached hydrogens (tertiary/aromatic N) is 1. The Morgan fingerprint density at radius 2 is 0.778 bits per heavy atom. The summed E-state index contributed by atoms with van der Waals surface area (Å²) in [5, 5.41) is 0. The summed E-state index contributed by atoms with van der Waals surface area (Å²) in [5.74, 6) is 1.37. The number of hydrogen-bond acceptors (Lipinski definition) is 6. The van der Waals surface area contributed by atoms with Crippen molar-refractivity contribution in [2.24, 2.45) is 11.8 Å². The largest absolute Gasteiger partial charge is 0.461 e. The zero-order valence-corrected chi connectivity index (χ0v) is 43.8. The summed E-state index contributed by atoms with van der Waals surface area (Å²) in [6.45, 7) is 10.9. The number of ether oxygens (including phenoxy) is 2. The Morgan fingerprint density at radius 3 is 1.14 bits per heavy atom. The molecule has 0 saturated heterocycles. The van der Waals surface area contributed by atoms with E-state index >= 15 is 0 Å². The molecule has 0 radical (unpaired) electrons. The molecule has 0 spiro atoms. The molecular weight excluding hydrogens is 798 g/mol. The molecule has 0 bridgehead atoms. The Kier molecular flexibility index (Phi) is 47.2. The van der Waals surface area contributed by atoms with Crippen molar-refractivity contribution in [3.05, 3.63) is 24.3 Å². The molecule has 370 valence electrons. The third-order valence-electron chi connectivity index (χ3n) is 12.8. The Hall–Kier alpha value is -1.52. The van der Waals surface area contributed by atoms with E-state index in [0.29, 0.717) is 38.0 Å². The average molecular weight is 904 g/mol. The van der Waals surface area contributed by atoms with Crippen molar-refractivity contribution in [1.29, 1.82) is 0 Å². The van der Waals surface area contributed by atoms with E-state index in [-0.39, 0.29) is 11.9 Å². The summed E-state index contributed by atoms with van der Waals surface area (Å²) in [4.78, 5) is 40.2. The number of carbonyl (C=O) groups is 3. The summed E-state index contributed by atoms with van der Waals surface area (Å²) in [5.41, 5.74) is 0.504. The van der Waals surface area contributed by atoms with Crippen LogP contribution in [-0.2, 0) is 23.9 Å². The van der Waals surface area contributed by atoms with Crippen LogP contribution in [0.15, 0.2) is 24.3 Å². The normalized spacial score (nSPS) is 12.0. The molecule has 0 atom stereocenters. The van der Waals surface area contributed by atoms with E-state index in [4.69, 9.17) is 9.47 Å². The molecular formula is C56H106NO5P. The van der Waals surface area contributed by atoms with Crippen molar-refractivity contribution in [3.8, 4) is 0 Å². The highest BCUT2D eigenvalue weighted by Gasteiger charge is 2.17. The van der Waals surface area contributed by atoms with Crippen LogP contribution in [0.25, 0.3) is 0 Å². The third-order valence-corrected chi connectivity index (χ3v) is 15.4. The minimum atomic E-state index is -0.591. The van der Waals surface area contributed by atoms with E-state index in [9.17, 15) is 14.4 Å². The maximum atomic E-state index is 13.3. The van der Waals surface area contributed by atoms with E-state index in [2.05, 4.69) is 71.0 Å². The van der Waals surface area contributed by atoms with Crippen molar-refractivity contribution >= 4 is 25.4 Å². The minimum Gasteiger partial charge on any atom is -0.461 e. The fourth-order valence-electron chi connectivity index (χ4n) is 8.61. The summed E-state index contributed by atoms with van der Waals surface area (Å²) in [6.07, 6.45) is 52.7. The van der Waals surface area contributed by atoms with Crippen LogP contribution in [0.2, 0.25) is 0 Å². The highest BCUT2D eigenvalue weighted by Crippen LogP contribution is 2.41. The van der Waals surface area contributed by atoms with Crippen molar-refractivity contribution in [1.82, 2.24) is 4.90 Å². The molecule has 0 aromatic rings. The first-order valence-corrected chi connectivity index (χ1v) is 29.0. The summed E-state index contributed by atoms with van der Waals surface area (Å²) in [7, 11) is 3.56. The molecule has 0 aliphatic carbocycles. The van der Waals surface area contributed by atoms with Crippen LogP contribution in [0, 0.1) is 11.8 Å². The number of esters is 2. The predicted octanol–water partition coefficient (Wildman–Crippen LogP) is 17.1. The Labute approximate surface area is 393 Å². The third kappa shape index (κ3) is 44.1. The highest BCUT2D eigenvalue weighted by molar-refractivity contribution is 7.74. The topological polar surface area (TPSA) is 72.9 Å². The lowest BCUT2D eigenvalue weighted by atomic mass is 9.91. The highest BCUT2D eigenvalue weighted by atomic mass is 31.1. The van der Waals surface area contributed by atoms with Gasteiger partial charge in [-0.15, -0.1) is 0 Å². The van der Waals surface area contributed by atoms with Gasteiger partial charge in [0.1, 0.15) is 13.2 Å². The van der Waals surface area contributed by atoms with Crippen LogP contribution in [0.4, 0.5) is 0 Å². The van der Waals surface area contributed by atoms with Crippen LogP contribution < -0.4 is 0 Å². The first-order chi connectivity index (χ1) is 30.8. The maximum absolute atomic E-state index is 13.3. The van der Waals surface area contributed by atoms with E-state index in [1.54, 1.807) is 0 Å². The number of unbranched alkanes of at least 4 members (excludes halogenated alkanes) is 20. The average Bonchev–Trinajstić information content (AvgIpc) is 3.26. The molecule has 0 unspecified atom stereocenters. The standard InChI is InChI=1S/C56H106NO5P/c1-7-11-15-25-38-52(39-26-16-12-8-2)42-31-33-48-61-54(58)44-29-21-19-23-35-50-63(56(60)46-37-47-57(5)6)51-36-24-20-22-30-45-55(59)62-49-34-32-43-53(40-27-17-13-9-3)41-28-18-14-10-4/h31-34,52-53H,7-30,35-51H2,1-6H3/b33-31-,34-32-. The fourth-order valence-corrected chi connectivity index (χ4v) is 11.0. The van der Waals surface area contributed by atoms with Crippen LogP contribution in [0.5, 0.6) is 0 Å². The van der Waals surface area contributed by atoms with E-state index in [1.165, 1.54) is 128 Å². The second-order valence-electron chi connectivity index (χ2n) is 19.2. The second kappa shape index (κ2) is 48.4. The first-order valence-electron chi connectivity index (χ1n) is 27.3. The van der Waals surface area contributed by atoms with E-state index in [0.717, 1.165) is 114 Å². The Balaban J connectivity index is 4.35. The Bertz CT molecular complexity index is 982. The molecule has 0 aliphatic rings. The lowest BCUT2D eigenvalue weighted by Gasteiger charge is -2.17. The molecule has 63 heavy (non-hydrogen) atoms. The zero-order valence-electron chi connectivity index (χ0n) is 42.9. The fraction of sp³-hybridized carbons (Fsp3) is 0.875. The van der Waals surface area contributed by atoms with Gasteiger partial charge < -0.3 is 14.4 Å². The summed E-state index contributed by atoms with van der Waals surface area (Å²) >= 11 is 0. The van der Waals surface area contributed by atoms with Crippen LogP contribution in [0.3, 0.4) is 0 Å². The molecule has 0 saturated carbocycles. The van der Waals surface area contributed by atoms with Crippen LogP contribution in [0.1, 0.15) is 259 Å². The molecule has 0 aromatic heterocycles. The van der Waals surface area contributed by atoms with Crippen molar-refractivity contribution in [2.75, 3.05) is 46.2 Å². The van der Waals surface area contributed by atoms with Gasteiger partial charge in [0.05, 0.1) is 0 Å². The number of hydrogen-bond donors (Lipinski definition) is 0. The summed E-state index contributed by atoms with van der Waals surface area (Å²) in [6, 6.07) is 0. The van der Waals surface area contributed by atoms with Gasteiger partial charge in [-0.25, -0.2) is 0 Å². The van der Waals surface area contributed by atoms with Gasteiger partial charge in [-0.2, -0.15) is 0 Å². The van der Waals surface area contributed by atoms with Gasteiger partial charge in [0.15, 0.2) is 5.52 Å². The van der Waals surface area contributed by atoms with Crippen LogP contribution in [-0.4, -0.2) is 68.5 Å². The molecule has 0 aromatic carbocycles. The minimum absolute atomic E-state index is 0.0786. The second-order valence-corrected chi connectivity index (χ2v) is 21.7. The molecule has 0 amide bonds. The molecule has 7 heteroatoms. The van der Waals surface area contributed by atoms with Crippen LogP contribution >= 0.6 is 7.92 Å². The number of rotatable bonds is 49. The molecule has 0 aliphatic heterocycles. The summed E-state index contributed by atoms with van der Waals surface area (Å²) < 4.78 is 11.1. The van der Waals surface area contributed by atoms with Gasteiger partial charge in [-0.05, 0) is 97.7 Å². The molecule has 0 heterocycles. The lowest BCUT2D eigenvalue weighted by molar-refractivity contribution is -0.143. The van der Waals surface area contributed by atoms with Gasteiger partial charge in [0, 0.05) is 19.3 Å². The van der Waals surface area contributed by atoms with E-state index in [1.807, 2.05) is 0 Å². The van der Waals surface area contributed by atoms with Gasteiger partial charge >= 0.3 is 11.9 Å². The van der Waals surface area contributed by atoms with Gasteiger partial charge in [0.25, 0.3) is 0 Å². The van der Waals surface area contributed by atoms with Gasteiger partial charge in [-0.1, -0.05) is 219 Å². The predicted molar refractivity (Wildman–Crippen MR) is 276 cm³/mol. The monoisotopic (exact) mass is 904 g/mol. The molecule has 0 fully saturated rings. The first kappa shape index (κ1) is 61.5. The van der Waals surface area contributed by atoms with Gasteiger partial charge in [0.2, 0.25) is 0 Å². The van der Waals surface area contributed by atoms with E-state index < -0.39 is 7.92 Å².